The van der Waals surface area contributed by atoms with E-state index in [0.717, 1.165) is 22.2 Å². The summed E-state index contributed by atoms with van der Waals surface area (Å²) in [5.41, 5.74) is 4.26. The van der Waals surface area contributed by atoms with Crippen LogP contribution >= 0.6 is 11.6 Å². The van der Waals surface area contributed by atoms with Gasteiger partial charge in [-0.25, -0.2) is 4.79 Å². The summed E-state index contributed by atoms with van der Waals surface area (Å²) in [6.07, 6.45) is 2.52. The van der Waals surface area contributed by atoms with Gasteiger partial charge in [0.15, 0.2) is 5.54 Å². The highest BCUT2D eigenvalue weighted by atomic mass is 35.5. The first-order valence-corrected chi connectivity index (χ1v) is 10.4. The van der Waals surface area contributed by atoms with E-state index in [0.29, 0.717) is 11.4 Å². The number of carbonyl (C=O) groups is 1. The number of aromatic nitrogens is 2. The van der Waals surface area contributed by atoms with Gasteiger partial charge in [-0.2, -0.15) is 0 Å². The lowest BCUT2D eigenvalue weighted by Crippen LogP contribution is -2.43. The normalized spacial score (nSPS) is 13.4. The zero-order valence-corrected chi connectivity index (χ0v) is 18.4. The number of hydrogen-bond acceptors (Lipinski definition) is 2. The van der Waals surface area contributed by atoms with Gasteiger partial charge in [-0.3, -0.25) is 0 Å². The maximum absolute atomic E-state index is 13.2. The van der Waals surface area contributed by atoms with Crippen LogP contribution in [0, 0.1) is 13.8 Å². The fraction of sp³-hybridized carbons (Fsp3) is 0.240. The third-order valence-electron chi connectivity index (χ3n) is 5.99. The van der Waals surface area contributed by atoms with E-state index in [1.54, 1.807) is 0 Å². The molecule has 4 aromatic rings. The zero-order valence-electron chi connectivity index (χ0n) is 17.6. The summed E-state index contributed by atoms with van der Waals surface area (Å²) >= 11 is 6.12. The summed E-state index contributed by atoms with van der Waals surface area (Å²) in [5.74, 6) is -0.302. The number of benzene rings is 2. The van der Waals surface area contributed by atoms with Gasteiger partial charge in [0, 0.05) is 28.0 Å². The Labute approximate surface area is 181 Å². The van der Waals surface area contributed by atoms with E-state index in [9.17, 15) is 4.79 Å². The van der Waals surface area contributed by atoms with Crippen molar-refractivity contribution in [2.45, 2.75) is 32.7 Å². The van der Waals surface area contributed by atoms with Crippen LogP contribution in [0.25, 0.3) is 16.6 Å². The molecule has 0 radical (unpaired) electrons. The summed E-state index contributed by atoms with van der Waals surface area (Å²) in [6.45, 7) is 6.20. The van der Waals surface area contributed by atoms with Gasteiger partial charge in [0.2, 0.25) is 0 Å². The third kappa shape index (κ3) is 2.94. The van der Waals surface area contributed by atoms with Crippen molar-refractivity contribution in [1.82, 2.24) is 9.13 Å². The first-order chi connectivity index (χ1) is 14.4. The minimum absolute atomic E-state index is 0.302. The standard InChI is InChI=1S/C25H25ClN2O2/c1-5-25(24(29)30-4,19-11-13-20(26)14-12-19)27-16-15-21-22(27)7-6-8-23(21)28-17(2)9-10-18(28)3/h6-16H,5H2,1-4H3. The number of esters is 1. The number of methoxy groups -OCH3 is 1. The van der Waals surface area contributed by atoms with Gasteiger partial charge in [0.25, 0.3) is 0 Å². The number of halogens is 1. The van der Waals surface area contributed by atoms with Crippen LogP contribution in [0.3, 0.4) is 0 Å². The molecule has 4 rings (SSSR count). The molecule has 0 fully saturated rings. The molecule has 0 N–H and O–H groups in total. The van der Waals surface area contributed by atoms with Gasteiger partial charge in [-0.15, -0.1) is 0 Å². The Hall–Kier alpha value is -2.98. The molecule has 2 heterocycles. The van der Waals surface area contributed by atoms with Crippen LogP contribution in [-0.4, -0.2) is 22.2 Å². The van der Waals surface area contributed by atoms with Crippen molar-refractivity contribution in [3.8, 4) is 5.69 Å². The van der Waals surface area contributed by atoms with Crippen LogP contribution in [0.5, 0.6) is 0 Å². The molecule has 1 unspecified atom stereocenters. The third-order valence-corrected chi connectivity index (χ3v) is 6.24. The van der Waals surface area contributed by atoms with Crippen molar-refractivity contribution in [3.05, 3.63) is 88.8 Å². The number of ether oxygens (including phenoxy) is 1. The minimum Gasteiger partial charge on any atom is -0.467 e. The van der Waals surface area contributed by atoms with Gasteiger partial charge in [-0.05, 0) is 68.3 Å². The second-order valence-electron chi connectivity index (χ2n) is 7.56. The SMILES string of the molecule is CCC(C(=O)OC)(c1ccc(Cl)cc1)n1ccc2c(-n3c(C)ccc3C)cccc21. The van der Waals surface area contributed by atoms with Crippen molar-refractivity contribution in [2.24, 2.45) is 0 Å². The minimum atomic E-state index is -0.986. The van der Waals surface area contributed by atoms with Crippen molar-refractivity contribution in [1.29, 1.82) is 0 Å². The molecule has 0 bridgehead atoms. The lowest BCUT2D eigenvalue weighted by atomic mass is 9.86. The van der Waals surface area contributed by atoms with E-state index in [2.05, 4.69) is 48.7 Å². The topological polar surface area (TPSA) is 36.2 Å². The van der Waals surface area contributed by atoms with E-state index < -0.39 is 5.54 Å². The Morgan fingerprint density at radius 1 is 1.00 bits per heavy atom. The van der Waals surface area contributed by atoms with E-state index in [-0.39, 0.29) is 5.97 Å². The Morgan fingerprint density at radius 2 is 1.67 bits per heavy atom. The molecule has 0 aliphatic carbocycles. The second kappa shape index (κ2) is 7.69. The van der Waals surface area contributed by atoms with Crippen molar-refractivity contribution < 1.29 is 9.53 Å². The fourth-order valence-electron chi connectivity index (χ4n) is 4.50. The van der Waals surface area contributed by atoms with Crippen LogP contribution in [-0.2, 0) is 15.1 Å². The van der Waals surface area contributed by atoms with Gasteiger partial charge in [-0.1, -0.05) is 36.7 Å². The Kier molecular flexibility index (Phi) is 5.20. The van der Waals surface area contributed by atoms with E-state index in [1.165, 1.54) is 18.5 Å². The number of nitrogens with zero attached hydrogens (tertiary/aromatic N) is 2. The average Bonchev–Trinajstić information content (AvgIpc) is 3.33. The van der Waals surface area contributed by atoms with Crippen molar-refractivity contribution in [3.63, 3.8) is 0 Å². The highest BCUT2D eigenvalue weighted by Crippen LogP contribution is 2.37. The van der Waals surface area contributed by atoms with Gasteiger partial charge in [0.1, 0.15) is 0 Å². The Bertz CT molecular complexity index is 1200. The van der Waals surface area contributed by atoms with E-state index in [4.69, 9.17) is 16.3 Å². The molecular formula is C25H25ClN2O2. The predicted octanol–water partition coefficient (Wildman–Crippen LogP) is 6.03. The second-order valence-corrected chi connectivity index (χ2v) is 8.00. The smallest absolute Gasteiger partial charge is 0.336 e. The summed E-state index contributed by atoms with van der Waals surface area (Å²) in [5, 5.41) is 1.71. The molecule has 0 aliphatic rings. The maximum atomic E-state index is 13.2. The summed E-state index contributed by atoms with van der Waals surface area (Å²) in [4.78, 5) is 13.2. The zero-order chi connectivity index (χ0) is 21.5. The molecule has 2 aromatic carbocycles. The molecule has 1 atom stereocenters. The number of fused-ring (bicyclic) bond motifs is 1. The molecule has 0 spiro atoms. The van der Waals surface area contributed by atoms with Gasteiger partial charge < -0.3 is 13.9 Å². The quantitative estimate of drug-likeness (QED) is 0.369. The lowest BCUT2D eigenvalue weighted by Gasteiger charge is -2.33. The van der Waals surface area contributed by atoms with Crippen LogP contribution in [0.15, 0.2) is 66.9 Å². The highest BCUT2D eigenvalue weighted by Gasteiger charge is 2.42. The van der Waals surface area contributed by atoms with Crippen molar-refractivity contribution >= 4 is 28.5 Å². The molecule has 0 saturated heterocycles. The van der Waals surface area contributed by atoms with Crippen LogP contribution in [0.4, 0.5) is 0 Å². The van der Waals surface area contributed by atoms with Crippen LogP contribution in [0.2, 0.25) is 5.02 Å². The summed E-state index contributed by atoms with van der Waals surface area (Å²) in [6, 6.07) is 19.9. The highest BCUT2D eigenvalue weighted by molar-refractivity contribution is 6.30. The van der Waals surface area contributed by atoms with E-state index >= 15 is 0 Å². The van der Waals surface area contributed by atoms with Crippen molar-refractivity contribution in [2.75, 3.05) is 7.11 Å². The van der Waals surface area contributed by atoms with Crippen LogP contribution in [0.1, 0.15) is 30.3 Å². The monoisotopic (exact) mass is 420 g/mol. The Morgan fingerprint density at radius 3 is 2.27 bits per heavy atom. The fourth-order valence-corrected chi connectivity index (χ4v) is 4.62. The molecule has 5 heteroatoms. The number of aryl methyl sites for hydroxylation is 2. The first-order valence-electron chi connectivity index (χ1n) is 10.0. The number of rotatable bonds is 5. The molecular weight excluding hydrogens is 396 g/mol. The molecule has 0 amide bonds. The molecule has 30 heavy (non-hydrogen) atoms. The molecule has 0 aliphatic heterocycles. The number of carbonyl (C=O) groups excluding carboxylic acids is 1. The maximum Gasteiger partial charge on any atom is 0.336 e. The average molecular weight is 421 g/mol. The molecule has 2 aromatic heterocycles. The van der Waals surface area contributed by atoms with Gasteiger partial charge in [0.05, 0.1) is 18.3 Å². The Balaban J connectivity index is 2.02. The van der Waals surface area contributed by atoms with Crippen LogP contribution < -0.4 is 0 Å². The predicted molar refractivity (Wildman–Crippen MR) is 122 cm³/mol. The van der Waals surface area contributed by atoms with E-state index in [1.807, 2.05) is 48.0 Å². The largest absolute Gasteiger partial charge is 0.467 e. The molecule has 0 saturated carbocycles. The summed E-state index contributed by atoms with van der Waals surface area (Å²) in [7, 11) is 1.44. The summed E-state index contributed by atoms with van der Waals surface area (Å²) < 4.78 is 9.58. The lowest BCUT2D eigenvalue weighted by molar-refractivity contribution is -0.149. The number of hydrogen-bond donors (Lipinski definition) is 0. The van der Waals surface area contributed by atoms with Gasteiger partial charge >= 0.3 is 5.97 Å². The molecule has 154 valence electrons. The molecule has 4 nitrogen and oxygen atoms in total. The first kappa shape index (κ1) is 20.3.